The molecule has 5 nitrogen and oxygen atoms in total. The molecule has 22 heavy (non-hydrogen) atoms. The number of hydrogen-bond donors (Lipinski definition) is 2. The molecule has 6 heteroatoms. The fraction of sp³-hybridized carbons (Fsp3) is 0.625. The number of alkyl carbamates (subject to hydrolysis) is 1. The third-order valence-electron chi connectivity index (χ3n) is 2.97. The van der Waals surface area contributed by atoms with E-state index in [-0.39, 0.29) is 11.8 Å². The Morgan fingerprint density at radius 2 is 1.91 bits per heavy atom. The predicted octanol–water partition coefficient (Wildman–Crippen LogP) is 3.27. The Morgan fingerprint density at radius 3 is 2.41 bits per heavy atom. The van der Waals surface area contributed by atoms with Crippen LogP contribution in [0.1, 0.15) is 53.0 Å². The van der Waals surface area contributed by atoms with Gasteiger partial charge in [-0.2, -0.15) is 11.3 Å². The van der Waals surface area contributed by atoms with Crippen LogP contribution in [0.3, 0.4) is 0 Å². The van der Waals surface area contributed by atoms with Gasteiger partial charge in [0.05, 0.1) is 11.5 Å². The van der Waals surface area contributed by atoms with Crippen LogP contribution in [0.4, 0.5) is 4.79 Å². The summed E-state index contributed by atoms with van der Waals surface area (Å²) in [5.41, 5.74) is -0.0955. The lowest BCUT2D eigenvalue weighted by Crippen LogP contribution is -2.52. The Morgan fingerprint density at radius 1 is 1.27 bits per heavy atom. The van der Waals surface area contributed by atoms with Gasteiger partial charge in [0.2, 0.25) is 5.91 Å². The van der Waals surface area contributed by atoms with E-state index in [1.54, 1.807) is 11.3 Å². The van der Waals surface area contributed by atoms with E-state index in [1.807, 2.05) is 58.4 Å². The second-order valence-electron chi connectivity index (χ2n) is 7.01. The molecule has 0 saturated carbocycles. The van der Waals surface area contributed by atoms with Crippen LogP contribution in [-0.4, -0.2) is 29.7 Å². The first-order valence-electron chi connectivity index (χ1n) is 7.31. The van der Waals surface area contributed by atoms with Crippen molar-refractivity contribution in [3.8, 4) is 0 Å². The highest BCUT2D eigenvalue weighted by molar-refractivity contribution is 7.08. The van der Waals surface area contributed by atoms with E-state index >= 15 is 0 Å². The standard InChI is InChI=1S/C16H26N2O3S/c1-11(12-7-8-22-9-12)13(19)18-16(5,6)10-17-14(20)21-15(2,3)4/h7-9,11H,10H2,1-6H3,(H,17,20)(H,18,19)/t11-/m0/s1. The molecule has 2 N–H and O–H groups in total. The quantitative estimate of drug-likeness (QED) is 0.872. The summed E-state index contributed by atoms with van der Waals surface area (Å²) in [6.45, 7) is 11.3. The van der Waals surface area contributed by atoms with E-state index in [4.69, 9.17) is 4.74 Å². The van der Waals surface area contributed by atoms with Crippen molar-refractivity contribution in [3.63, 3.8) is 0 Å². The first-order chi connectivity index (χ1) is 10.0. The average molecular weight is 326 g/mol. The molecule has 0 radical (unpaired) electrons. The number of carbonyl (C=O) groups is 2. The summed E-state index contributed by atoms with van der Waals surface area (Å²) in [4.78, 5) is 23.9. The van der Waals surface area contributed by atoms with Crippen LogP contribution in [0.25, 0.3) is 0 Å². The van der Waals surface area contributed by atoms with Gasteiger partial charge in [-0.15, -0.1) is 0 Å². The van der Waals surface area contributed by atoms with Gasteiger partial charge in [0.15, 0.2) is 0 Å². The Bertz CT molecular complexity index is 504. The molecule has 0 spiro atoms. The van der Waals surface area contributed by atoms with Gasteiger partial charge in [-0.25, -0.2) is 4.79 Å². The van der Waals surface area contributed by atoms with Gasteiger partial charge in [0.25, 0.3) is 0 Å². The topological polar surface area (TPSA) is 67.4 Å². The van der Waals surface area contributed by atoms with E-state index in [0.29, 0.717) is 6.54 Å². The smallest absolute Gasteiger partial charge is 0.407 e. The monoisotopic (exact) mass is 326 g/mol. The maximum Gasteiger partial charge on any atom is 0.407 e. The second kappa shape index (κ2) is 7.13. The minimum atomic E-state index is -0.557. The summed E-state index contributed by atoms with van der Waals surface area (Å²) >= 11 is 1.57. The molecule has 1 aromatic rings. The SMILES string of the molecule is C[C@H](C(=O)NC(C)(C)CNC(=O)OC(C)(C)C)c1ccsc1. The predicted molar refractivity (Wildman–Crippen MR) is 89.2 cm³/mol. The van der Waals surface area contributed by atoms with Crippen molar-refractivity contribution in [3.05, 3.63) is 22.4 Å². The summed E-state index contributed by atoms with van der Waals surface area (Å²) in [5, 5.41) is 9.56. The summed E-state index contributed by atoms with van der Waals surface area (Å²) in [6.07, 6.45) is -0.485. The lowest BCUT2D eigenvalue weighted by molar-refractivity contribution is -0.123. The molecule has 0 bridgehead atoms. The van der Waals surface area contributed by atoms with Crippen LogP contribution < -0.4 is 10.6 Å². The first-order valence-corrected chi connectivity index (χ1v) is 8.25. The van der Waals surface area contributed by atoms with Crippen molar-refractivity contribution >= 4 is 23.3 Å². The fourth-order valence-corrected chi connectivity index (χ4v) is 2.52. The van der Waals surface area contributed by atoms with Gasteiger partial charge < -0.3 is 15.4 Å². The molecule has 0 fully saturated rings. The summed E-state index contributed by atoms with van der Waals surface area (Å²) < 4.78 is 5.18. The van der Waals surface area contributed by atoms with Gasteiger partial charge in [0.1, 0.15) is 5.60 Å². The van der Waals surface area contributed by atoms with Crippen LogP contribution in [0.2, 0.25) is 0 Å². The van der Waals surface area contributed by atoms with E-state index in [9.17, 15) is 9.59 Å². The molecule has 1 heterocycles. The highest BCUT2D eigenvalue weighted by Crippen LogP contribution is 2.19. The molecule has 1 rings (SSSR count). The van der Waals surface area contributed by atoms with Crippen LogP contribution in [0, 0.1) is 0 Å². The molecule has 0 saturated heterocycles. The largest absolute Gasteiger partial charge is 0.444 e. The molecule has 0 aliphatic heterocycles. The van der Waals surface area contributed by atoms with Crippen LogP contribution in [-0.2, 0) is 9.53 Å². The maximum absolute atomic E-state index is 12.3. The van der Waals surface area contributed by atoms with E-state index < -0.39 is 17.2 Å². The molecule has 0 unspecified atom stereocenters. The molecule has 0 aromatic carbocycles. The third kappa shape index (κ3) is 6.47. The normalized spacial score (nSPS) is 13.4. The van der Waals surface area contributed by atoms with Crippen LogP contribution >= 0.6 is 11.3 Å². The first kappa shape index (κ1) is 18.5. The number of rotatable bonds is 5. The number of thiophene rings is 1. The van der Waals surface area contributed by atoms with Crippen LogP contribution in [0.15, 0.2) is 16.8 Å². The second-order valence-corrected chi connectivity index (χ2v) is 7.79. The van der Waals surface area contributed by atoms with Gasteiger partial charge in [-0.1, -0.05) is 0 Å². The van der Waals surface area contributed by atoms with Crippen molar-refractivity contribution in [2.45, 2.75) is 58.6 Å². The van der Waals surface area contributed by atoms with E-state index in [0.717, 1.165) is 5.56 Å². The molecule has 124 valence electrons. The number of amides is 2. The Kier molecular flexibility index (Phi) is 6.00. The summed E-state index contributed by atoms with van der Waals surface area (Å²) in [5.74, 6) is -0.276. The highest BCUT2D eigenvalue weighted by Gasteiger charge is 2.26. The number of ether oxygens (including phenoxy) is 1. The maximum atomic E-state index is 12.3. The molecule has 2 amide bonds. The fourth-order valence-electron chi connectivity index (χ4n) is 1.77. The van der Waals surface area contributed by atoms with E-state index in [1.165, 1.54) is 0 Å². The molecular formula is C16H26N2O3S. The van der Waals surface area contributed by atoms with Crippen molar-refractivity contribution in [2.75, 3.05) is 6.54 Å². The number of nitrogens with one attached hydrogen (secondary N) is 2. The highest BCUT2D eigenvalue weighted by atomic mass is 32.1. The Hall–Kier alpha value is -1.56. The third-order valence-corrected chi connectivity index (χ3v) is 3.67. The van der Waals surface area contributed by atoms with Gasteiger partial charge in [-0.3, -0.25) is 4.79 Å². The lowest BCUT2D eigenvalue weighted by Gasteiger charge is -2.29. The minimum absolute atomic E-state index is 0.0608. The number of carbonyl (C=O) groups excluding carboxylic acids is 2. The average Bonchev–Trinajstić information content (AvgIpc) is 2.86. The number of hydrogen-bond acceptors (Lipinski definition) is 4. The van der Waals surface area contributed by atoms with Crippen LogP contribution in [0.5, 0.6) is 0 Å². The van der Waals surface area contributed by atoms with Crippen molar-refractivity contribution in [1.29, 1.82) is 0 Å². The zero-order valence-corrected chi connectivity index (χ0v) is 15.0. The van der Waals surface area contributed by atoms with Gasteiger partial charge in [-0.05, 0) is 63.9 Å². The van der Waals surface area contributed by atoms with Gasteiger partial charge in [0, 0.05) is 6.54 Å². The van der Waals surface area contributed by atoms with Crippen molar-refractivity contribution in [2.24, 2.45) is 0 Å². The molecule has 0 aliphatic rings. The van der Waals surface area contributed by atoms with Crippen molar-refractivity contribution < 1.29 is 14.3 Å². The van der Waals surface area contributed by atoms with E-state index in [2.05, 4.69) is 10.6 Å². The Labute approximate surface area is 136 Å². The zero-order valence-electron chi connectivity index (χ0n) is 14.1. The zero-order chi connectivity index (χ0) is 17.0. The molecule has 0 aliphatic carbocycles. The minimum Gasteiger partial charge on any atom is -0.444 e. The van der Waals surface area contributed by atoms with Crippen molar-refractivity contribution in [1.82, 2.24) is 10.6 Å². The summed E-state index contributed by atoms with van der Waals surface area (Å²) in [6, 6.07) is 1.95. The summed E-state index contributed by atoms with van der Waals surface area (Å²) in [7, 11) is 0. The molecular weight excluding hydrogens is 300 g/mol. The Balaban J connectivity index is 2.49. The van der Waals surface area contributed by atoms with Gasteiger partial charge >= 0.3 is 6.09 Å². The molecule has 1 atom stereocenters. The lowest BCUT2D eigenvalue weighted by atomic mass is 10.00. The molecule has 1 aromatic heterocycles.